The number of benzene rings is 1. The number of carbonyl (C=O) groups is 1. The number of carboxylic acid groups (broad SMARTS) is 1. The maximum atomic E-state index is 13.3. The number of nitrogens with zero attached hydrogens (tertiary/aromatic N) is 1. The van der Waals surface area contributed by atoms with Gasteiger partial charge in [-0.05, 0) is 42.1 Å². The highest BCUT2D eigenvalue weighted by atomic mass is 32.1. The first-order chi connectivity index (χ1) is 10.1. The Kier molecular flexibility index (Phi) is 5.11. The van der Waals surface area contributed by atoms with Crippen molar-refractivity contribution in [2.24, 2.45) is 0 Å². The van der Waals surface area contributed by atoms with E-state index in [9.17, 15) is 9.18 Å². The third kappa shape index (κ3) is 4.43. The van der Waals surface area contributed by atoms with E-state index in [0.29, 0.717) is 5.56 Å². The normalized spacial score (nSPS) is 11.0. The van der Waals surface area contributed by atoms with Crippen LogP contribution < -0.4 is 4.90 Å². The van der Waals surface area contributed by atoms with Crippen LogP contribution in [0.25, 0.3) is 6.08 Å². The molecule has 0 fully saturated rings. The summed E-state index contributed by atoms with van der Waals surface area (Å²) in [5.74, 6) is -1.43. The molecule has 2 aromatic rings. The number of carboxylic acids is 1. The molecule has 0 aliphatic carbocycles. The van der Waals surface area contributed by atoms with Gasteiger partial charge in [0.25, 0.3) is 0 Å². The summed E-state index contributed by atoms with van der Waals surface area (Å²) in [5, 5.41) is 10.7. The highest BCUT2D eigenvalue weighted by molar-refractivity contribution is 7.09. The lowest BCUT2D eigenvalue weighted by atomic mass is 10.1. The van der Waals surface area contributed by atoms with Gasteiger partial charge in [-0.1, -0.05) is 6.07 Å². The molecule has 3 nitrogen and oxygen atoms in total. The molecule has 1 aromatic heterocycles. The molecular weight excluding hydrogens is 289 g/mol. The Hall–Kier alpha value is -2.14. The van der Waals surface area contributed by atoms with Crippen molar-refractivity contribution in [1.29, 1.82) is 0 Å². The second-order valence-electron chi connectivity index (χ2n) is 4.63. The van der Waals surface area contributed by atoms with Gasteiger partial charge in [0, 0.05) is 35.8 Å². The quantitative estimate of drug-likeness (QED) is 0.828. The Morgan fingerprint density at radius 2 is 2.24 bits per heavy atom. The van der Waals surface area contributed by atoms with Crippen molar-refractivity contribution in [2.75, 3.05) is 18.5 Å². The topological polar surface area (TPSA) is 40.5 Å². The number of likely N-dealkylation sites (N-methyl/N-ethyl adjacent to an activating group) is 1. The standard InChI is InChI=1S/C16H16FNO2S/c1-18(9-8-14-3-2-10-21-14)15-6-5-13(17)11-12(15)4-7-16(19)20/h2-7,10-11H,8-9H2,1H3,(H,19,20). The highest BCUT2D eigenvalue weighted by Crippen LogP contribution is 2.23. The van der Waals surface area contributed by atoms with Crippen LogP contribution in [0.2, 0.25) is 0 Å². The van der Waals surface area contributed by atoms with E-state index in [-0.39, 0.29) is 5.82 Å². The largest absolute Gasteiger partial charge is 0.478 e. The minimum atomic E-state index is -1.05. The molecule has 1 heterocycles. The Morgan fingerprint density at radius 1 is 1.43 bits per heavy atom. The molecule has 0 aliphatic rings. The summed E-state index contributed by atoms with van der Waals surface area (Å²) >= 11 is 1.70. The van der Waals surface area contributed by atoms with Crippen molar-refractivity contribution >= 4 is 29.1 Å². The lowest BCUT2D eigenvalue weighted by molar-refractivity contribution is -0.131. The molecule has 5 heteroatoms. The van der Waals surface area contributed by atoms with Gasteiger partial charge in [-0.3, -0.25) is 0 Å². The smallest absolute Gasteiger partial charge is 0.328 e. The van der Waals surface area contributed by atoms with Crippen molar-refractivity contribution in [2.45, 2.75) is 6.42 Å². The van der Waals surface area contributed by atoms with Gasteiger partial charge in [0.15, 0.2) is 0 Å². The summed E-state index contributed by atoms with van der Waals surface area (Å²) in [6.07, 6.45) is 3.33. The number of thiophene rings is 1. The zero-order chi connectivity index (χ0) is 15.2. The van der Waals surface area contributed by atoms with E-state index < -0.39 is 5.97 Å². The highest BCUT2D eigenvalue weighted by Gasteiger charge is 2.08. The predicted molar refractivity (Wildman–Crippen MR) is 84.4 cm³/mol. The maximum Gasteiger partial charge on any atom is 0.328 e. The first-order valence-corrected chi connectivity index (χ1v) is 7.38. The molecule has 110 valence electrons. The van der Waals surface area contributed by atoms with Crippen LogP contribution in [0.3, 0.4) is 0 Å². The molecule has 0 bridgehead atoms. The fraction of sp³-hybridized carbons (Fsp3) is 0.188. The van der Waals surface area contributed by atoms with Gasteiger partial charge in [-0.2, -0.15) is 0 Å². The fourth-order valence-electron chi connectivity index (χ4n) is 2.02. The van der Waals surface area contributed by atoms with Crippen LogP contribution in [-0.4, -0.2) is 24.7 Å². The van der Waals surface area contributed by atoms with Gasteiger partial charge in [-0.25, -0.2) is 9.18 Å². The molecule has 0 atom stereocenters. The summed E-state index contributed by atoms with van der Waals surface area (Å²) < 4.78 is 13.3. The van der Waals surface area contributed by atoms with Crippen LogP contribution in [0.1, 0.15) is 10.4 Å². The molecular formula is C16H16FNO2S. The van der Waals surface area contributed by atoms with Crippen molar-refractivity contribution < 1.29 is 14.3 Å². The lowest BCUT2D eigenvalue weighted by Crippen LogP contribution is -2.21. The summed E-state index contributed by atoms with van der Waals surface area (Å²) in [4.78, 5) is 13.9. The molecule has 1 aromatic carbocycles. The molecule has 0 saturated carbocycles. The van der Waals surface area contributed by atoms with E-state index in [1.165, 1.54) is 23.1 Å². The Balaban J connectivity index is 2.15. The summed E-state index contributed by atoms with van der Waals surface area (Å²) in [5.41, 5.74) is 1.37. The second-order valence-corrected chi connectivity index (χ2v) is 5.66. The Bertz CT molecular complexity index is 638. The summed E-state index contributed by atoms with van der Waals surface area (Å²) in [6, 6.07) is 8.49. The minimum Gasteiger partial charge on any atom is -0.478 e. The molecule has 0 saturated heterocycles. The molecule has 0 spiro atoms. The van der Waals surface area contributed by atoms with E-state index in [1.54, 1.807) is 17.4 Å². The molecule has 0 unspecified atom stereocenters. The van der Waals surface area contributed by atoms with E-state index in [1.807, 2.05) is 23.4 Å². The van der Waals surface area contributed by atoms with Crippen LogP contribution in [0.4, 0.5) is 10.1 Å². The number of anilines is 1. The van der Waals surface area contributed by atoms with Crippen molar-refractivity contribution in [3.63, 3.8) is 0 Å². The third-order valence-corrected chi connectivity index (χ3v) is 4.02. The first kappa shape index (κ1) is 15.3. The van der Waals surface area contributed by atoms with Gasteiger partial charge in [-0.15, -0.1) is 11.3 Å². The van der Waals surface area contributed by atoms with Gasteiger partial charge >= 0.3 is 5.97 Å². The molecule has 0 aliphatic heterocycles. The van der Waals surface area contributed by atoms with Crippen LogP contribution >= 0.6 is 11.3 Å². The molecule has 2 rings (SSSR count). The number of rotatable bonds is 6. The van der Waals surface area contributed by atoms with E-state index in [4.69, 9.17) is 5.11 Å². The monoisotopic (exact) mass is 305 g/mol. The summed E-state index contributed by atoms with van der Waals surface area (Å²) in [6.45, 7) is 0.778. The molecule has 1 N–H and O–H groups in total. The Labute approximate surface area is 127 Å². The van der Waals surface area contributed by atoms with E-state index in [0.717, 1.165) is 24.7 Å². The molecule has 0 amide bonds. The van der Waals surface area contributed by atoms with Gasteiger partial charge in [0.05, 0.1) is 0 Å². The number of hydrogen-bond acceptors (Lipinski definition) is 3. The van der Waals surface area contributed by atoms with Crippen molar-refractivity contribution in [3.8, 4) is 0 Å². The van der Waals surface area contributed by atoms with Crippen LogP contribution in [0, 0.1) is 5.82 Å². The van der Waals surface area contributed by atoms with Gasteiger partial charge < -0.3 is 10.0 Å². The Morgan fingerprint density at radius 3 is 2.90 bits per heavy atom. The predicted octanol–water partition coefficient (Wildman–Crippen LogP) is 3.66. The second kappa shape index (κ2) is 7.04. The average Bonchev–Trinajstić information content (AvgIpc) is 2.96. The van der Waals surface area contributed by atoms with E-state index >= 15 is 0 Å². The van der Waals surface area contributed by atoms with Crippen LogP contribution in [0.5, 0.6) is 0 Å². The average molecular weight is 305 g/mol. The fourth-order valence-corrected chi connectivity index (χ4v) is 2.72. The zero-order valence-electron chi connectivity index (χ0n) is 11.6. The molecule has 21 heavy (non-hydrogen) atoms. The van der Waals surface area contributed by atoms with Crippen molar-refractivity contribution in [1.82, 2.24) is 0 Å². The zero-order valence-corrected chi connectivity index (χ0v) is 12.4. The first-order valence-electron chi connectivity index (χ1n) is 6.50. The van der Waals surface area contributed by atoms with Crippen LogP contribution in [0.15, 0.2) is 41.8 Å². The van der Waals surface area contributed by atoms with Crippen molar-refractivity contribution in [3.05, 3.63) is 58.0 Å². The maximum absolute atomic E-state index is 13.3. The number of aliphatic carboxylic acids is 1. The van der Waals surface area contributed by atoms with Gasteiger partial charge in [0.1, 0.15) is 5.82 Å². The number of hydrogen-bond donors (Lipinski definition) is 1. The van der Waals surface area contributed by atoms with Crippen LogP contribution in [-0.2, 0) is 11.2 Å². The van der Waals surface area contributed by atoms with E-state index in [2.05, 4.69) is 6.07 Å². The summed E-state index contributed by atoms with van der Waals surface area (Å²) in [7, 11) is 1.92. The SMILES string of the molecule is CN(CCc1cccs1)c1ccc(F)cc1C=CC(=O)O. The lowest BCUT2D eigenvalue weighted by Gasteiger charge is -2.21. The van der Waals surface area contributed by atoms with Gasteiger partial charge in [0.2, 0.25) is 0 Å². The number of halogens is 1. The molecule has 0 radical (unpaired) electrons. The third-order valence-electron chi connectivity index (χ3n) is 3.08. The minimum absolute atomic E-state index is 0.379.